The van der Waals surface area contributed by atoms with E-state index in [4.69, 9.17) is 4.74 Å². The monoisotopic (exact) mass is 367 g/mol. The first-order chi connectivity index (χ1) is 13.2. The molecule has 3 rings (SSSR count). The van der Waals surface area contributed by atoms with Gasteiger partial charge >= 0.3 is 0 Å². The first kappa shape index (κ1) is 18.9. The summed E-state index contributed by atoms with van der Waals surface area (Å²) in [5.74, 6) is 0.478. The Morgan fingerprint density at radius 1 is 0.741 bits per heavy atom. The quantitative estimate of drug-likeness (QED) is 0.554. The summed E-state index contributed by atoms with van der Waals surface area (Å²) in [5.41, 5.74) is 1.45. The van der Waals surface area contributed by atoms with Gasteiger partial charge in [-0.2, -0.15) is 0 Å². The molecular weight excluding hydrogens is 346 g/mol. The van der Waals surface area contributed by atoms with Crippen LogP contribution >= 0.6 is 0 Å². The van der Waals surface area contributed by atoms with Crippen molar-refractivity contribution >= 4 is 0 Å². The molecule has 0 unspecified atom stereocenters. The topological polar surface area (TPSA) is 109 Å². The highest BCUT2D eigenvalue weighted by molar-refractivity contribution is 5.64. The number of aromatic nitrogens is 3. The minimum absolute atomic E-state index is 0.0518. The molecule has 0 aliphatic heterocycles. The first-order valence-electron chi connectivity index (χ1n) is 8.50. The Balaban J connectivity index is 1.98. The van der Waals surface area contributed by atoms with Crippen LogP contribution in [0, 0.1) is 5.41 Å². The van der Waals surface area contributed by atoms with Crippen molar-refractivity contribution in [3.05, 3.63) is 60.9 Å². The fourth-order valence-corrected chi connectivity index (χ4v) is 2.40. The Morgan fingerprint density at radius 2 is 1.26 bits per heavy atom. The number of hydrogen-bond donors (Lipinski definition) is 3. The lowest BCUT2D eigenvalue weighted by molar-refractivity contribution is -0.0258. The second kappa shape index (κ2) is 8.68. The summed E-state index contributed by atoms with van der Waals surface area (Å²) in [7, 11) is 0. The van der Waals surface area contributed by atoms with E-state index in [1.807, 2.05) is 36.4 Å². The van der Waals surface area contributed by atoms with E-state index in [1.165, 1.54) is 0 Å². The fraction of sp³-hybridized carbons (Fsp3) is 0.250. The fourth-order valence-electron chi connectivity index (χ4n) is 2.40. The van der Waals surface area contributed by atoms with E-state index in [-0.39, 0.29) is 6.61 Å². The van der Waals surface area contributed by atoms with Gasteiger partial charge in [-0.3, -0.25) is 9.97 Å². The molecule has 7 nitrogen and oxygen atoms in total. The van der Waals surface area contributed by atoms with Gasteiger partial charge in [0.1, 0.15) is 12.4 Å². The molecule has 0 atom stereocenters. The zero-order valence-electron chi connectivity index (χ0n) is 14.7. The number of ether oxygens (including phenoxy) is 1. The van der Waals surface area contributed by atoms with Crippen LogP contribution in [0.1, 0.15) is 0 Å². The number of hydrogen-bond acceptors (Lipinski definition) is 7. The van der Waals surface area contributed by atoms with E-state index in [9.17, 15) is 15.3 Å². The summed E-state index contributed by atoms with van der Waals surface area (Å²) in [6.07, 6.45) is 3.36. The third kappa shape index (κ3) is 4.46. The number of rotatable bonds is 8. The summed E-state index contributed by atoms with van der Waals surface area (Å²) in [5, 5.41) is 28.5. The zero-order valence-corrected chi connectivity index (χ0v) is 14.7. The van der Waals surface area contributed by atoms with Crippen molar-refractivity contribution < 1.29 is 20.1 Å². The summed E-state index contributed by atoms with van der Waals surface area (Å²) < 4.78 is 5.79. The average Bonchev–Trinajstić information content (AvgIpc) is 2.76. The first-order valence-corrected chi connectivity index (χ1v) is 8.50. The summed E-state index contributed by atoms with van der Waals surface area (Å²) >= 11 is 0. The zero-order chi connectivity index (χ0) is 19.1. The Hall–Kier alpha value is -2.87. The molecule has 7 heteroatoms. The normalized spacial score (nSPS) is 11.4. The van der Waals surface area contributed by atoms with Gasteiger partial charge in [-0.1, -0.05) is 12.1 Å². The predicted molar refractivity (Wildman–Crippen MR) is 99.9 cm³/mol. The molecule has 0 bridgehead atoms. The van der Waals surface area contributed by atoms with Gasteiger partial charge in [0.15, 0.2) is 0 Å². The van der Waals surface area contributed by atoms with Crippen LogP contribution in [0.2, 0.25) is 0 Å². The van der Waals surface area contributed by atoms with Crippen molar-refractivity contribution in [3.8, 4) is 28.5 Å². The minimum atomic E-state index is -1.13. The van der Waals surface area contributed by atoms with Gasteiger partial charge in [0.25, 0.3) is 0 Å². The molecular formula is C20H21N3O4. The lowest BCUT2D eigenvalue weighted by Gasteiger charge is -2.27. The SMILES string of the molecule is OCC(CO)(CO)COc1cc(-c2ccccn2)nc(-c2ccccn2)c1. The van der Waals surface area contributed by atoms with Crippen molar-refractivity contribution in [2.45, 2.75) is 0 Å². The largest absolute Gasteiger partial charge is 0.493 e. The van der Waals surface area contributed by atoms with Crippen molar-refractivity contribution in [2.24, 2.45) is 5.41 Å². The molecule has 140 valence electrons. The average molecular weight is 367 g/mol. The van der Waals surface area contributed by atoms with E-state index >= 15 is 0 Å². The maximum Gasteiger partial charge on any atom is 0.123 e. The molecule has 3 heterocycles. The molecule has 3 N–H and O–H groups in total. The van der Waals surface area contributed by atoms with Crippen LogP contribution in [0.25, 0.3) is 22.8 Å². The van der Waals surface area contributed by atoms with E-state index in [1.54, 1.807) is 24.5 Å². The molecule has 0 saturated heterocycles. The highest BCUT2D eigenvalue weighted by atomic mass is 16.5. The van der Waals surface area contributed by atoms with Gasteiger partial charge < -0.3 is 20.1 Å². The molecule has 3 aromatic rings. The van der Waals surface area contributed by atoms with Crippen LogP contribution in [-0.4, -0.2) is 56.7 Å². The van der Waals surface area contributed by atoms with Gasteiger partial charge in [-0.05, 0) is 24.3 Å². The van der Waals surface area contributed by atoms with Gasteiger partial charge in [-0.15, -0.1) is 0 Å². The second-order valence-electron chi connectivity index (χ2n) is 6.27. The molecule has 0 aromatic carbocycles. The van der Waals surface area contributed by atoms with Crippen molar-refractivity contribution in [1.29, 1.82) is 0 Å². The van der Waals surface area contributed by atoms with Crippen molar-refractivity contribution in [1.82, 2.24) is 15.0 Å². The van der Waals surface area contributed by atoms with Crippen LogP contribution in [0.3, 0.4) is 0 Å². The summed E-state index contributed by atoms with van der Waals surface area (Å²) in [6, 6.07) is 14.5. The van der Waals surface area contributed by atoms with Crippen LogP contribution in [0.15, 0.2) is 60.9 Å². The lowest BCUT2D eigenvalue weighted by atomic mass is 9.92. The Labute approximate surface area is 157 Å². The van der Waals surface area contributed by atoms with E-state index in [0.29, 0.717) is 28.5 Å². The number of aliphatic hydroxyl groups excluding tert-OH is 3. The standard InChI is InChI=1S/C20H21N3O4/c24-11-20(12-25,13-26)14-27-15-9-18(16-5-1-3-7-21-16)23-19(10-15)17-6-2-4-8-22-17/h1-10,24-26H,11-14H2. The van der Waals surface area contributed by atoms with E-state index in [0.717, 1.165) is 0 Å². The molecule has 0 amide bonds. The third-order valence-corrected chi connectivity index (χ3v) is 4.20. The molecule has 0 fully saturated rings. The van der Waals surface area contributed by atoms with Gasteiger partial charge in [-0.25, -0.2) is 4.98 Å². The van der Waals surface area contributed by atoms with Crippen LogP contribution < -0.4 is 4.74 Å². The van der Waals surface area contributed by atoms with E-state index < -0.39 is 25.2 Å². The van der Waals surface area contributed by atoms with Crippen molar-refractivity contribution in [2.75, 3.05) is 26.4 Å². The summed E-state index contributed by atoms with van der Waals surface area (Å²) in [6.45, 7) is -1.24. The molecule has 0 radical (unpaired) electrons. The number of pyridine rings is 3. The molecule has 0 spiro atoms. The van der Waals surface area contributed by atoms with Crippen molar-refractivity contribution in [3.63, 3.8) is 0 Å². The Morgan fingerprint density at radius 3 is 1.67 bits per heavy atom. The molecule has 0 saturated carbocycles. The number of aliphatic hydroxyl groups is 3. The maximum absolute atomic E-state index is 9.49. The van der Waals surface area contributed by atoms with Gasteiger partial charge in [0, 0.05) is 24.5 Å². The maximum atomic E-state index is 9.49. The molecule has 27 heavy (non-hydrogen) atoms. The highest BCUT2D eigenvalue weighted by Crippen LogP contribution is 2.28. The van der Waals surface area contributed by atoms with Crippen LogP contribution in [0.4, 0.5) is 0 Å². The minimum Gasteiger partial charge on any atom is -0.493 e. The van der Waals surface area contributed by atoms with E-state index in [2.05, 4.69) is 15.0 Å². The van der Waals surface area contributed by atoms with Gasteiger partial charge in [0.2, 0.25) is 0 Å². The summed E-state index contributed by atoms with van der Waals surface area (Å²) in [4.78, 5) is 13.3. The predicted octanol–water partition coefficient (Wildman–Crippen LogP) is 1.55. The smallest absolute Gasteiger partial charge is 0.123 e. The van der Waals surface area contributed by atoms with Crippen LogP contribution in [0.5, 0.6) is 5.75 Å². The second-order valence-corrected chi connectivity index (χ2v) is 6.27. The Bertz CT molecular complexity index is 790. The molecule has 0 aliphatic rings. The number of nitrogens with zero attached hydrogens (tertiary/aromatic N) is 3. The molecule has 3 aromatic heterocycles. The highest BCUT2D eigenvalue weighted by Gasteiger charge is 2.29. The Kier molecular flexibility index (Phi) is 6.08. The lowest BCUT2D eigenvalue weighted by Crippen LogP contribution is -2.39. The third-order valence-electron chi connectivity index (χ3n) is 4.20. The molecule has 0 aliphatic carbocycles. The van der Waals surface area contributed by atoms with Crippen LogP contribution in [-0.2, 0) is 0 Å². The van der Waals surface area contributed by atoms with Gasteiger partial charge in [0.05, 0.1) is 48.0 Å².